The van der Waals surface area contributed by atoms with Gasteiger partial charge in [-0.1, -0.05) is 19.3 Å². The summed E-state index contributed by atoms with van der Waals surface area (Å²) in [7, 11) is 0. The van der Waals surface area contributed by atoms with Gasteiger partial charge in [0.2, 0.25) is 0 Å². The lowest BCUT2D eigenvalue weighted by atomic mass is 10.2. The molecular weight excluding hydrogens is 164 g/mol. The summed E-state index contributed by atoms with van der Waals surface area (Å²) in [4.78, 5) is 0. The third-order valence-electron chi connectivity index (χ3n) is 2.17. The van der Waals surface area contributed by atoms with Crippen molar-refractivity contribution in [1.82, 2.24) is 0 Å². The van der Waals surface area contributed by atoms with Crippen LogP contribution in [0.15, 0.2) is 0 Å². The zero-order valence-corrected chi connectivity index (χ0v) is 8.05. The SMILES string of the molecule is CSC1CCCCCC1Cl. The van der Waals surface area contributed by atoms with Crippen molar-refractivity contribution in [3.8, 4) is 0 Å². The molecule has 0 heterocycles. The molecule has 1 fully saturated rings. The Morgan fingerprint density at radius 1 is 1.20 bits per heavy atom. The minimum atomic E-state index is 0.442. The van der Waals surface area contributed by atoms with Crippen molar-refractivity contribution in [2.75, 3.05) is 6.26 Å². The van der Waals surface area contributed by atoms with Gasteiger partial charge in [0.1, 0.15) is 0 Å². The maximum absolute atomic E-state index is 6.17. The van der Waals surface area contributed by atoms with Crippen LogP contribution in [-0.2, 0) is 0 Å². The highest BCUT2D eigenvalue weighted by Gasteiger charge is 2.19. The molecule has 1 saturated carbocycles. The molecule has 1 aliphatic carbocycles. The van der Waals surface area contributed by atoms with Crippen molar-refractivity contribution in [3.05, 3.63) is 0 Å². The van der Waals surface area contributed by atoms with E-state index in [0.29, 0.717) is 5.38 Å². The highest BCUT2D eigenvalue weighted by molar-refractivity contribution is 7.99. The van der Waals surface area contributed by atoms with Crippen LogP contribution in [0.2, 0.25) is 0 Å². The molecule has 0 N–H and O–H groups in total. The van der Waals surface area contributed by atoms with Crippen LogP contribution in [0.3, 0.4) is 0 Å². The Labute approximate surface area is 72.7 Å². The molecule has 0 aromatic heterocycles. The summed E-state index contributed by atoms with van der Waals surface area (Å²) in [6.07, 6.45) is 8.84. The molecule has 0 nitrogen and oxygen atoms in total. The molecule has 0 spiro atoms. The van der Waals surface area contributed by atoms with E-state index in [1.54, 1.807) is 0 Å². The van der Waals surface area contributed by atoms with Gasteiger partial charge in [0, 0.05) is 10.6 Å². The van der Waals surface area contributed by atoms with E-state index in [4.69, 9.17) is 11.6 Å². The zero-order chi connectivity index (χ0) is 7.40. The fraction of sp³-hybridized carbons (Fsp3) is 1.00. The van der Waals surface area contributed by atoms with Crippen molar-refractivity contribution < 1.29 is 0 Å². The first-order valence-corrected chi connectivity index (χ1v) is 5.74. The van der Waals surface area contributed by atoms with Gasteiger partial charge in [-0.15, -0.1) is 11.6 Å². The number of hydrogen-bond acceptors (Lipinski definition) is 1. The molecule has 2 atom stereocenters. The molecule has 0 aliphatic heterocycles. The van der Waals surface area contributed by atoms with E-state index in [1.807, 2.05) is 11.8 Å². The molecule has 1 aliphatic rings. The van der Waals surface area contributed by atoms with E-state index in [9.17, 15) is 0 Å². The molecule has 0 aromatic rings. The Kier molecular flexibility index (Phi) is 3.93. The molecular formula is C8H15ClS. The van der Waals surface area contributed by atoms with Gasteiger partial charge in [-0.3, -0.25) is 0 Å². The van der Waals surface area contributed by atoms with Gasteiger partial charge in [-0.05, 0) is 19.1 Å². The first-order chi connectivity index (χ1) is 4.84. The third-order valence-corrected chi connectivity index (χ3v) is 4.02. The Morgan fingerprint density at radius 2 is 1.90 bits per heavy atom. The van der Waals surface area contributed by atoms with E-state index >= 15 is 0 Å². The number of hydrogen-bond donors (Lipinski definition) is 0. The zero-order valence-electron chi connectivity index (χ0n) is 6.48. The van der Waals surface area contributed by atoms with Gasteiger partial charge in [-0.25, -0.2) is 0 Å². The maximum atomic E-state index is 6.17. The summed E-state index contributed by atoms with van der Waals surface area (Å²) >= 11 is 8.10. The first kappa shape index (κ1) is 8.73. The minimum Gasteiger partial charge on any atom is -0.160 e. The fourth-order valence-corrected chi connectivity index (χ4v) is 2.92. The van der Waals surface area contributed by atoms with Crippen molar-refractivity contribution in [3.63, 3.8) is 0 Å². The predicted molar refractivity (Wildman–Crippen MR) is 50.0 cm³/mol. The standard InChI is InChI=1S/C8H15ClS/c1-10-8-6-4-2-3-5-7(8)9/h7-8H,2-6H2,1H3. The number of thioether (sulfide) groups is 1. The van der Waals surface area contributed by atoms with E-state index in [-0.39, 0.29) is 0 Å². The topological polar surface area (TPSA) is 0 Å². The molecule has 10 heavy (non-hydrogen) atoms. The van der Waals surface area contributed by atoms with Crippen LogP contribution in [0.1, 0.15) is 32.1 Å². The summed E-state index contributed by atoms with van der Waals surface area (Å²) in [5.74, 6) is 0. The van der Waals surface area contributed by atoms with Gasteiger partial charge in [0.15, 0.2) is 0 Å². The van der Waals surface area contributed by atoms with E-state index in [2.05, 4.69) is 6.26 Å². The molecule has 0 bridgehead atoms. The average Bonchev–Trinajstić information content (AvgIpc) is 2.13. The highest BCUT2D eigenvalue weighted by atomic mass is 35.5. The summed E-state index contributed by atoms with van der Waals surface area (Å²) in [5, 5.41) is 1.17. The van der Waals surface area contributed by atoms with E-state index in [1.165, 1.54) is 32.1 Å². The summed E-state index contributed by atoms with van der Waals surface area (Å²) in [5.41, 5.74) is 0. The quantitative estimate of drug-likeness (QED) is 0.439. The molecule has 0 amide bonds. The number of alkyl halides is 1. The molecule has 1 rings (SSSR count). The van der Waals surface area contributed by atoms with Crippen molar-refractivity contribution in [2.45, 2.75) is 42.7 Å². The maximum Gasteiger partial charge on any atom is 0.0454 e. The van der Waals surface area contributed by atoms with Crippen LogP contribution in [-0.4, -0.2) is 16.9 Å². The lowest BCUT2D eigenvalue weighted by Gasteiger charge is -2.15. The lowest BCUT2D eigenvalue weighted by molar-refractivity contribution is 0.703. The van der Waals surface area contributed by atoms with Crippen LogP contribution < -0.4 is 0 Å². The monoisotopic (exact) mass is 178 g/mol. The van der Waals surface area contributed by atoms with Gasteiger partial charge in [0.25, 0.3) is 0 Å². The number of halogens is 1. The second-order valence-corrected chi connectivity index (χ2v) is 4.57. The highest BCUT2D eigenvalue weighted by Crippen LogP contribution is 2.29. The van der Waals surface area contributed by atoms with Crippen LogP contribution in [0.25, 0.3) is 0 Å². The van der Waals surface area contributed by atoms with Gasteiger partial charge in [0.05, 0.1) is 0 Å². The Balaban J connectivity index is 2.35. The van der Waals surface area contributed by atoms with Gasteiger partial charge < -0.3 is 0 Å². The van der Waals surface area contributed by atoms with Crippen LogP contribution in [0, 0.1) is 0 Å². The number of rotatable bonds is 1. The summed E-state index contributed by atoms with van der Waals surface area (Å²) in [6.45, 7) is 0. The third kappa shape index (κ3) is 2.35. The van der Waals surface area contributed by atoms with E-state index in [0.717, 1.165) is 5.25 Å². The molecule has 0 radical (unpaired) electrons. The minimum absolute atomic E-state index is 0.442. The Morgan fingerprint density at radius 3 is 2.60 bits per heavy atom. The van der Waals surface area contributed by atoms with Gasteiger partial charge in [-0.2, -0.15) is 11.8 Å². The van der Waals surface area contributed by atoms with Crippen molar-refractivity contribution >= 4 is 23.4 Å². The van der Waals surface area contributed by atoms with E-state index < -0.39 is 0 Å². The second-order valence-electron chi connectivity index (χ2n) is 2.93. The Bertz CT molecular complexity index is 95.3. The molecule has 0 aromatic carbocycles. The van der Waals surface area contributed by atoms with Gasteiger partial charge >= 0.3 is 0 Å². The smallest absolute Gasteiger partial charge is 0.0454 e. The normalized spacial score (nSPS) is 35.4. The molecule has 2 unspecified atom stereocenters. The van der Waals surface area contributed by atoms with Crippen molar-refractivity contribution in [2.24, 2.45) is 0 Å². The summed E-state index contributed by atoms with van der Waals surface area (Å²) in [6, 6.07) is 0. The molecule has 60 valence electrons. The fourth-order valence-electron chi connectivity index (χ4n) is 1.49. The average molecular weight is 179 g/mol. The lowest BCUT2D eigenvalue weighted by Crippen LogP contribution is -2.14. The summed E-state index contributed by atoms with van der Waals surface area (Å²) < 4.78 is 0. The van der Waals surface area contributed by atoms with Crippen LogP contribution in [0.4, 0.5) is 0 Å². The largest absolute Gasteiger partial charge is 0.160 e. The second kappa shape index (κ2) is 4.50. The predicted octanol–water partition coefficient (Wildman–Crippen LogP) is 3.29. The molecule has 0 saturated heterocycles. The van der Waals surface area contributed by atoms with Crippen LogP contribution in [0.5, 0.6) is 0 Å². The van der Waals surface area contributed by atoms with Crippen molar-refractivity contribution in [1.29, 1.82) is 0 Å². The molecule has 2 heteroatoms. The van der Waals surface area contributed by atoms with Crippen LogP contribution >= 0.6 is 23.4 Å². The first-order valence-electron chi connectivity index (χ1n) is 4.01. The Hall–Kier alpha value is 0.640.